The largest absolute Gasteiger partial charge is 0.478 e. The van der Waals surface area contributed by atoms with Crippen molar-refractivity contribution < 1.29 is 37.1 Å². The Hall–Kier alpha value is -4.34. The van der Waals surface area contributed by atoms with E-state index in [-0.39, 0.29) is 33.7 Å². The molecule has 0 atom stereocenters. The summed E-state index contributed by atoms with van der Waals surface area (Å²) < 4.78 is 49.6. The second kappa shape index (κ2) is 8.15. The summed E-state index contributed by atoms with van der Waals surface area (Å²) in [7, 11) is 0. The van der Waals surface area contributed by atoms with Gasteiger partial charge in [0.05, 0.1) is 22.1 Å². The lowest BCUT2D eigenvalue weighted by molar-refractivity contribution is -0.137. The van der Waals surface area contributed by atoms with Crippen molar-refractivity contribution in [3.05, 3.63) is 89.1 Å². The van der Waals surface area contributed by atoms with Gasteiger partial charge >= 0.3 is 12.1 Å². The molecule has 1 aliphatic rings. The highest BCUT2D eigenvalue weighted by Gasteiger charge is 2.46. The summed E-state index contributed by atoms with van der Waals surface area (Å²) in [6, 6.07) is 15.2. The molecule has 3 aromatic carbocycles. The van der Waals surface area contributed by atoms with Gasteiger partial charge in [0.15, 0.2) is 11.3 Å². The number of aromatic nitrogens is 1. The summed E-state index contributed by atoms with van der Waals surface area (Å²) in [6.07, 6.45) is -3.14. The molecule has 10 heteroatoms. The Kier molecular flexibility index (Phi) is 5.23. The average Bonchev–Trinajstić information content (AvgIpc) is 3.47. The van der Waals surface area contributed by atoms with Crippen LogP contribution in [0.5, 0.6) is 11.5 Å². The third-order valence-electron chi connectivity index (χ3n) is 5.87. The maximum absolute atomic E-state index is 13.2. The number of amides is 1. The van der Waals surface area contributed by atoms with Gasteiger partial charge in [0.2, 0.25) is 0 Å². The van der Waals surface area contributed by atoms with E-state index in [0.29, 0.717) is 12.8 Å². The van der Waals surface area contributed by atoms with Crippen molar-refractivity contribution in [1.29, 1.82) is 0 Å². The molecule has 2 N–H and O–H groups in total. The van der Waals surface area contributed by atoms with Crippen molar-refractivity contribution in [2.24, 2.45) is 0 Å². The fraction of sp³-hybridized carbons (Fsp3) is 0.160. The van der Waals surface area contributed by atoms with E-state index in [2.05, 4.69) is 10.5 Å². The van der Waals surface area contributed by atoms with Gasteiger partial charge in [-0.25, -0.2) is 4.79 Å². The van der Waals surface area contributed by atoms with Gasteiger partial charge in [-0.3, -0.25) is 4.79 Å². The van der Waals surface area contributed by atoms with Crippen LogP contribution in [0.15, 0.2) is 71.3 Å². The summed E-state index contributed by atoms with van der Waals surface area (Å²) in [6.45, 7) is 0. The Morgan fingerprint density at radius 2 is 1.69 bits per heavy atom. The highest BCUT2D eigenvalue weighted by Crippen LogP contribution is 2.46. The standard InChI is InChI=1S/C25H17F3N2O5/c26-25(27,28)16-8-10-17(11-9-16)34-18-2-1-3-19-20(18)21(30-35-19)22(31)29-24(12-13-24)15-6-4-14(5-7-15)23(32)33/h1-11H,12-13H2,(H,29,31)(H,32,33). The number of nitrogens with zero attached hydrogens (tertiary/aromatic N) is 1. The number of carboxylic acids is 1. The van der Waals surface area contributed by atoms with E-state index >= 15 is 0 Å². The van der Waals surface area contributed by atoms with E-state index in [4.69, 9.17) is 14.4 Å². The number of hydrogen-bond acceptors (Lipinski definition) is 5. The molecule has 1 amide bonds. The topological polar surface area (TPSA) is 102 Å². The van der Waals surface area contributed by atoms with Crippen molar-refractivity contribution in [3.63, 3.8) is 0 Å². The molecule has 5 rings (SSSR count). The molecule has 178 valence electrons. The second-order valence-electron chi connectivity index (χ2n) is 8.20. The van der Waals surface area contributed by atoms with E-state index in [1.54, 1.807) is 30.3 Å². The van der Waals surface area contributed by atoms with Crippen molar-refractivity contribution in [1.82, 2.24) is 10.5 Å². The van der Waals surface area contributed by atoms with Gasteiger partial charge in [0.1, 0.15) is 11.5 Å². The third kappa shape index (κ3) is 4.30. The number of ether oxygens (including phenoxy) is 1. The lowest BCUT2D eigenvalue weighted by Gasteiger charge is -2.17. The number of carbonyl (C=O) groups is 2. The maximum atomic E-state index is 13.2. The molecule has 0 radical (unpaired) electrons. The molecule has 1 fully saturated rings. The minimum Gasteiger partial charge on any atom is -0.478 e. The van der Waals surface area contributed by atoms with Crippen molar-refractivity contribution in [3.8, 4) is 11.5 Å². The van der Waals surface area contributed by atoms with Crippen LogP contribution >= 0.6 is 0 Å². The Morgan fingerprint density at radius 3 is 2.29 bits per heavy atom. The number of carbonyl (C=O) groups excluding carboxylic acids is 1. The van der Waals surface area contributed by atoms with Crippen LogP contribution in [0.1, 0.15) is 44.8 Å². The van der Waals surface area contributed by atoms with E-state index in [0.717, 1.165) is 17.7 Å². The first-order chi connectivity index (χ1) is 16.7. The highest BCUT2D eigenvalue weighted by atomic mass is 19.4. The second-order valence-corrected chi connectivity index (χ2v) is 8.20. The first-order valence-electron chi connectivity index (χ1n) is 10.6. The number of halogens is 3. The number of aromatic carboxylic acids is 1. The van der Waals surface area contributed by atoms with Crippen LogP contribution in [-0.4, -0.2) is 22.1 Å². The van der Waals surface area contributed by atoms with Crippen LogP contribution in [0.2, 0.25) is 0 Å². The van der Waals surface area contributed by atoms with E-state index < -0.39 is 29.2 Å². The average molecular weight is 482 g/mol. The molecule has 0 bridgehead atoms. The summed E-state index contributed by atoms with van der Waals surface area (Å²) in [5, 5.41) is 16.2. The van der Waals surface area contributed by atoms with E-state index in [1.165, 1.54) is 24.3 Å². The molecule has 0 unspecified atom stereocenters. The lowest BCUT2D eigenvalue weighted by atomic mass is 10.0. The first kappa shape index (κ1) is 22.5. The zero-order chi connectivity index (χ0) is 24.8. The third-order valence-corrected chi connectivity index (χ3v) is 5.87. The zero-order valence-corrected chi connectivity index (χ0v) is 17.9. The van der Waals surface area contributed by atoms with Crippen LogP contribution in [-0.2, 0) is 11.7 Å². The molecular formula is C25H17F3N2O5. The van der Waals surface area contributed by atoms with Gasteiger partial charge in [-0.1, -0.05) is 23.4 Å². The van der Waals surface area contributed by atoms with Crippen LogP contribution in [0.4, 0.5) is 13.2 Å². The summed E-state index contributed by atoms with van der Waals surface area (Å²) in [5.41, 5.74) is -0.304. The molecule has 4 aromatic rings. The molecule has 7 nitrogen and oxygen atoms in total. The van der Waals surface area contributed by atoms with Crippen molar-refractivity contribution in [2.75, 3.05) is 0 Å². The maximum Gasteiger partial charge on any atom is 0.416 e. The fourth-order valence-corrected chi connectivity index (χ4v) is 3.86. The van der Waals surface area contributed by atoms with Gasteiger partial charge in [0, 0.05) is 0 Å². The Balaban J connectivity index is 1.41. The van der Waals surface area contributed by atoms with Crippen LogP contribution < -0.4 is 10.1 Å². The smallest absolute Gasteiger partial charge is 0.416 e. The first-order valence-corrected chi connectivity index (χ1v) is 10.6. The number of hydrogen-bond donors (Lipinski definition) is 2. The Labute approximate surface area is 196 Å². The summed E-state index contributed by atoms with van der Waals surface area (Å²) in [4.78, 5) is 24.3. The number of nitrogens with one attached hydrogen (secondary N) is 1. The van der Waals surface area contributed by atoms with Crippen LogP contribution in [0.3, 0.4) is 0 Å². The molecule has 0 aliphatic heterocycles. The number of benzene rings is 3. The monoisotopic (exact) mass is 482 g/mol. The van der Waals surface area contributed by atoms with Gasteiger partial charge in [-0.15, -0.1) is 0 Å². The van der Waals surface area contributed by atoms with Crippen molar-refractivity contribution in [2.45, 2.75) is 24.6 Å². The number of carboxylic acid groups (broad SMARTS) is 1. The van der Waals surface area contributed by atoms with Gasteiger partial charge in [-0.05, 0) is 66.9 Å². The van der Waals surface area contributed by atoms with Gasteiger partial charge in [-0.2, -0.15) is 13.2 Å². The predicted octanol–water partition coefficient (Wildman–Crippen LogP) is 5.76. The molecule has 1 aromatic heterocycles. The quantitative estimate of drug-likeness (QED) is 0.363. The molecule has 1 saturated carbocycles. The predicted molar refractivity (Wildman–Crippen MR) is 117 cm³/mol. The number of alkyl halides is 3. The van der Waals surface area contributed by atoms with Crippen molar-refractivity contribution >= 4 is 22.8 Å². The number of fused-ring (bicyclic) bond motifs is 1. The SMILES string of the molecule is O=C(O)c1ccc(C2(NC(=O)c3noc4cccc(Oc5ccc(C(F)(F)F)cc5)c34)CC2)cc1. The molecular weight excluding hydrogens is 465 g/mol. The molecule has 0 saturated heterocycles. The molecule has 1 heterocycles. The molecule has 1 aliphatic carbocycles. The minimum atomic E-state index is -4.47. The Morgan fingerprint density at radius 1 is 1.00 bits per heavy atom. The normalized spacial score (nSPS) is 14.5. The van der Waals surface area contributed by atoms with Gasteiger partial charge < -0.3 is 19.7 Å². The number of rotatable bonds is 6. The van der Waals surface area contributed by atoms with E-state index in [1.807, 2.05) is 0 Å². The fourth-order valence-electron chi connectivity index (χ4n) is 3.86. The minimum absolute atomic E-state index is 0.0315. The zero-order valence-electron chi connectivity index (χ0n) is 17.9. The lowest BCUT2D eigenvalue weighted by Crippen LogP contribution is -2.35. The summed E-state index contributed by atoms with van der Waals surface area (Å²) >= 11 is 0. The Bertz CT molecular complexity index is 1420. The molecule has 35 heavy (non-hydrogen) atoms. The van der Waals surface area contributed by atoms with E-state index in [9.17, 15) is 22.8 Å². The molecule has 0 spiro atoms. The summed E-state index contributed by atoms with van der Waals surface area (Å²) in [5.74, 6) is -1.22. The van der Waals surface area contributed by atoms with Crippen LogP contribution in [0.25, 0.3) is 11.0 Å². The highest BCUT2D eigenvalue weighted by molar-refractivity contribution is 6.06. The van der Waals surface area contributed by atoms with Crippen LogP contribution in [0, 0.1) is 0 Å². The van der Waals surface area contributed by atoms with Gasteiger partial charge in [0.25, 0.3) is 5.91 Å².